The van der Waals surface area contributed by atoms with Gasteiger partial charge in [0.25, 0.3) is 0 Å². The molecule has 0 saturated heterocycles. The third-order valence-corrected chi connectivity index (χ3v) is 11.7. The molecule has 1 fully saturated rings. The Morgan fingerprint density at radius 1 is 0.700 bits per heavy atom. The zero-order valence-corrected chi connectivity index (χ0v) is 29.5. The number of aromatic hydroxyl groups is 2. The molecule has 5 aromatic rings. The molecule has 5 nitrogen and oxygen atoms in total. The standard InChI is InChI=1S/C44H43NO4S/c1-3-4-5-6-27-9-13-28(14-10-27)29-15-17-30(18-16-29)31-19-21-33(22-20-31)50-37-25-34(32-11-7-26(2)8-12-32)42(47)41-40(37)43(48)38-35(45)23-24-36(46)39(38)44(41)49/h7-8,11-12,15-25,27-28,46-47H,3-6,9-10,13-14,45H2,1-2H3. The molecule has 1 saturated carbocycles. The lowest BCUT2D eigenvalue weighted by molar-refractivity contribution is 0.0972. The summed E-state index contributed by atoms with van der Waals surface area (Å²) >= 11 is 1.36. The fourth-order valence-corrected chi connectivity index (χ4v) is 8.72. The second-order valence-electron chi connectivity index (χ2n) is 13.9. The Hall–Kier alpha value is -4.81. The Morgan fingerprint density at radius 3 is 1.98 bits per heavy atom. The monoisotopic (exact) mass is 681 g/mol. The molecule has 0 bridgehead atoms. The molecule has 0 atom stereocenters. The average Bonchev–Trinajstić information content (AvgIpc) is 3.13. The summed E-state index contributed by atoms with van der Waals surface area (Å²) in [6, 6.07) is 29.3. The molecule has 0 radical (unpaired) electrons. The highest BCUT2D eigenvalue weighted by molar-refractivity contribution is 7.99. The highest BCUT2D eigenvalue weighted by Crippen LogP contribution is 2.48. The zero-order valence-electron chi connectivity index (χ0n) is 28.7. The van der Waals surface area contributed by atoms with Crippen LogP contribution in [0.15, 0.2) is 101 Å². The number of phenolic OH excluding ortho intramolecular Hbond substituents is 2. The quantitative estimate of drug-likeness (QED) is 0.0798. The minimum atomic E-state index is -0.633. The molecule has 2 aliphatic carbocycles. The van der Waals surface area contributed by atoms with Crippen LogP contribution >= 0.6 is 11.8 Å². The molecule has 0 aliphatic heterocycles. The van der Waals surface area contributed by atoms with Gasteiger partial charge >= 0.3 is 0 Å². The Kier molecular flexibility index (Phi) is 9.56. The summed E-state index contributed by atoms with van der Waals surface area (Å²) in [5.74, 6) is -0.230. The number of carbonyl (C=O) groups excluding carboxylic acids is 2. The minimum Gasteiger partial charge on any atom is -0.507 e. The summed E-state index contributed by atoms with van der Waals surface area (Å²) < 4.78 is 0. The van der Waals surface area contributed by atoms with E-state index in [0.717, 1.165) is 27.5 Å². The van der Waals surface area contributed by atoms with E-state index in [1.165, 1.54) is 80.8 Å². The SMILES string of the molecule is CCCCCC1CCC(c2ccc(-c3ccc(Sc4cc(-c5ccc(C)cc5)c(O)c5c4C(=O)c4c(N)ccc(O)c4C5=O)cc3)cc2)CC1. The number of fused-ring (bicyclic) bond motifs is 2. The van der Waals surface area contributed by atoms with Gasteiger partial charge in [0.1, 0.15) is 11.5 Å². The predicted octanol–water partition coefficient (Wildman–Crippen LogP) is 11.1. The fourth-order valence-electron chi connectivity index (χ4n) is 7.72. The van der Waals surface area contributed by atoms with Crippen LogP contribution in [-0.2, 0) is 0 Å². The molecule has 4 N–H and O–H groups in total. The number of anilines is 1. The topological polar surface area (TPSA) is 101 Å². The first-order valence-corrected chi connectivity index (χ1v) is 18.6. The lowest BCUT2D eigenvalue weighted by Crippen LogP contribution is -2.24. The third kappa shape index (κ3) is 6.45. The first kappa shape index (κ1) is 33.7. The molecular weight excluding hydrogens is 639 g/mol. The van der Waals surface area contributed by atoms with Gasteiger partial charge in [-0.25, -0.2) is 0 Å². The van der Waals surface area contributed by atoms with Crippen molar-refractivity contribution in [2.75, 3.05) is 5.73 Å². The molecule has 254 valence electrons. The smallest absolute Gasteiger partial charge is 0.202 e. The number of ketones is 2. The maximum Gasteiger partial charge on any atom is 0.202 e. The van der Waals surface area contributed by atoms with E-state index in [2.05, 4.69) is 43.3 Å². The van der Waals surface area contributed by atoms with E-state index in [1.807, 2.05) is 43.3 Å². The van der Waals surface area contributed by atoms with Crippen molar-refractivity contribution in [2.24, 2.45) is 5.92 Å². The summed E-state index contributed by atoms with van der Waals surface area (Å²) in [7, 11) is 0. The summed E-state index contributed by atoms with van der Waals surface area (Å²) in [5, 5.41) is 22.2. The normalized spacial score (nSPS) is 17.0. The summed E-state index contributed by atoms with van der Waals surface area (Å²) in [6.07, 6.45) is 10.6. The molecular formula is C44H43NO4S. The van der Waals surface area contributed by atoms with E-state index in [4.69, 9.17) is 5.73 Å². The van der Waals surface area contributed by atoms with Gasteiger partial charge in [-0.1, -0.05) is 111 Å². The molecule has 0 heterocycles. The largest absolute Gasteiger partial charge is 0.507 e. The first-order valence-electron chi connectivity index (χ1n) is 17.8. The molecule has 0 spiro atoms. The number of hydrogen-bond donors (Lipinski definition) is 3. The molecule has 7 rings (SSSR count). The van der Waals surface area contributed by atoms with Gasteiger partial charge < -0.3 is 15.9 Å². The Morgan fingerprint density at radius 2 is 1.32 bits per heavy atom. The van der Waals surface area contributed by atoms with E-state index >= 15 is 0 Å². The Labute approximate surface area is 298 Å². The maximum absolute atomic E-state index is 14.1. The average molecular weight is 682 g/mol. The van der Waals surface area contributed by atoms with Gasteiger partial charge in [0.05, 0.1) is 22.3 Å². The van der Waals surface area contributed by atoms with Crippen molar-refractivity contribution in [2.45, 2.75) is 80.9 Å². The number of carbonyl (C=O) groups is 2. The van der Waals surface area contributed by atoms with Crippen LogP contribution in [0.25, 0.3) is 22.3 Å². The van der Waals surface area contributed by atoms with Gasteiger partial charge in [-0.2, -0.15) is 0 Å². The first-order chi connectivity index (χ1) is 24.2. The zero-order chi connectivity index (χ0) is 34.9. The number of benzene rings is 5. The highest BCUT2D eigenvalue weighted by Gasteiger charge is 2.39. The lowest BCUT2D eigenvalue weighted by atomic mass is 9.77. The van der Waals surface area contributed by atoms with Crippen LogP contribution in [-0.4, -0.2) is 21.8 Å². The predicted molar refractivity (Wildman–Crippen MR) is 203 cm³/mol. The third-order valence-electron chi connectivity index (χ3n) is 10.6. The van der Waals surface area contributed by atoms with Gasteiger partial charge in [0.15, 0.2) is 5.78 Å². The highest BCUT2D eigenvalue weighted by atomic mass is 32.2. The molecule has 0 unspecified atom stereocenters. The van der Waals surface area contributed by atoms with E-state index in [-0.39, 0.29) is 39.4 Å². The molecule has 2 aliphatic rings. The van der Waals surface area contributed by atoms with Crippen molar-refractivity contribution in [3.05, 3.63) is 124 Å². The Bertz CT molecular complexity index is 2060. The van der Waals surface area contributed by atoms with Crippen LogP contribution in [0, 0.1) is 12.8 Å². The molecule has 0 amide bonds. The number of nitrogen functional groups attached to an aromatic ring is 1. The van der Waals surface area contributed by atoms with Crippen LogP contribution in [0.1, 0.15) is 107 Å². The van der Waals surface area contributed by atoms with Gasteiger partial charge in [-0.05, 0) is 97.0 Å². The fraction of sp³-hybridized carbons (Fsp3) is 0.273. The minimum absolute atomic E-state index is 0.0364. The number of hydrogen-bond acceptors (Lipinski definition) is 6. The second kappa shape index (κ2) is 14.2. The van der Waals surface area contributed by atoms with E-state index in [1.54, 1.807) is 6.07 Å². The van der Waals surface area contributed by atoms with Gasteiger partial charge in [0.2, 0.25) is 5.78 Å². The van der Waals surface area contributed by atoms with Crippen LogP contribution in [0.2, 0.25) is 0 Å². The molecule has 6 heteroatoms. The molecule has 50 heavy (non-hydrogen) atoms. The second-order valence-corrected chi connectivity index (χ2v) is 15.0. The van der Waals surface area contributed by atoms with E-state index in [9.17, 15) is 19.8 Å². The van der Waals surface area contributed by atoms with Crippen LogP contribution in [0.4, 0.5) is 5.69 Å². The number of nitrogens with two attached hydrogens (primary N) is 1. The van der Waals surface area contributed by atoms with Crippen molar-refractivity contribution in [3.63, 3.8) is 0 Å². The van der Waals surface area contributed by atoms with Crippen LogP contribution in [0.5, 0.6) is 11.5 Å². The number of rotatable bonds is 9. The van der Waals surface area contributed by atoms with Gasteiger partial charge in [-0.15, -0.1) is 0 Å². The summed E-state index contributed by atoms with van der Waals surface area (Å²) in [5.41, 5.74) is 11.9. The van der Waals surface area contributed by atoms with Gasteiger partial charge in [0, 0.05) is 21.0 Å². The lowest BCUT2D eigenvalue weighted by Gasteiger charge is -2.29. The number of phenols is 2. The number of unbranched alkanes of at least 4 members (excludes halogenated alkanes) is 2. The summed E-state index contributed by atoms with van der Waals surface area (Å²) in [6.45, 7) is 4.25. The summed E-state index contributed by atoms with van der Waals surface area (Å²) in [4.78, 5) is 29.4. The van der Waals surface area contributed by atoms with Crippen molar-refractivity contribution in [1.82, 2.24) is 0 Å². The van der Waals surface area contributed by atoms with Crippen molar-refractivity contribution >= 4 is 29.0 Å². The van der Waals surface area contributed by atoms with Gasteiger partial charge in [-0.3, -0.25) is 9.59 Å². The maximum atomic E-state index is 14.1. The van der Waals surface area contributed by atoms with Crippen molar-refractivity contribution in [1.29, 1.82) is 0 Å². The number of aryl methyl sites for hydroxylation is 1. The van der Waals surface area contributed by atoms with Crippen LogP contribution < -0.4 is 5.73 Å². The van der Waals surface area contributed by atoms with Crippen molar-refractivity contribution < 1.29 is 19.8 Å². The van der Waals surface area contributed by atoms with E-state index < -0.39 is 11.6 Å². The van der Waals surface area contributed by atoms with Crippen molar-refractivity contribution in [3.8, 4) is 33.8 Å². The molecule has 0 aromatic heterocycles. The van der Waals surface area contributed by atoms with Crippen LogP contribution in [0.3, 0.4) is 0 Å². The molecule has 5 aromatic carbocycles. The Balaban J connectivity index is 1.16. The van der Waals surface area contributed by atoms with E-state index in [0.29, 0.717) is 21.9 Å².